The third-order valence-corrected chi connectivity index (χ3v) is 7.14. The molecule has 0 fully saturated rings. The molecule has 0 saturated carbocycles. The van der Waals surface area contributed by atoms with Crippen LogP contribution in [-0.4, -0.2) is 30.8 Å². The number of nitrogens with one attached hydrogen (secondary N) is 2. The first kappa shape index (κ1) is 29.7. The molecule has 0 atom stereocenters. The highest BCUT2D eigenvalue weighted by Gasteiger charge is 2.18. The van der Waals surface area contributed by atoms with Crippen molar-refractivity contribution in [1.29, 1.82) is 0 Å². The molecule has 4 aromatic rings. The number of amides is 2. The SMILES string of the molecule is Cc1cccc(C(=O)Oc2c(Br)cc(Br)cc2C=NNC(=O)C(=Cc2ccc3c(c2)OCO3)NC(=O)c2ccccc2)c1. The maximum absolute atomic E-state index is 13.3. The summed E-state index contributed by atoms with van der Waals surface area (Å²) < 4.78 is 17.7. The Labute approximate surface area is 263 Å². The van der Waals surface area contributed by atoms with Crippen LogP contribution in [0.4, 0.5) is 0 Å². The Morgan fingerprint density at radius 3 is 2.44 bits per heavy atom. The van der Waals surface area contributed by atoms with Gasteiger partial charge < -0.3 is 19.5 Å². The standard InChI is InChI=1S/C32H23Br2N3O6/c1-19-6-5-9-22(12-19)32(40)43-29-23(15-24(33)16-25(29)34)17-35-37-31(39)26(36-30(38)21-7-3-2-4-8-21)13-20-10-11-27-28(14-20)42-18-41-27/h2-17H,18H2,1H3,(H,36,38)(H,37,39). The molecule has 0 bridgehead atoms. The van der Waals surface area contributed by atoms with E-state index in [1.54, 1.807) is 78.9 Å². The highest BCUT2D eigenvalue weighted by Crippen LogP contribution is 2.34. The molecule has 1 heterocycles. The third-order valence-electron chi connectivity index (χ3n) is 6.09. The number of aryl methyl sites for hydroxylation is 1. The van der Waals surface area contributed by atoms with Crippen molar-refractivity contribution in [3.05, 3.63) is 127 Å². The first-order valence-electron chi connectivity index (χ1n) is 12.9. The van der Waals surface area contributed by atoms with Crippen LogP contribution in [0.1, 0.15) is 37.4 Å². The minimum absolute atomic E-state index is 0.0635. The van der Waals surface area contributed by atoms with Crippen molar-refractivity contribution in [2.45, 2.75) is 6.92 Å². The van der Waals surface area contributed by atoms with Crippen molar-refractivity contribution in [3.63, 3.8) is 0 Å². The fraction of sp³-hybridized carbons (Fsp3) is 0.0625. The second-order valence-corrected chi connectivity index (χ2v) is 11.0. The van der Waals surface area contributed by atoms with E-state index in [1.807, 2.05) is 13.0 Å². The number of ether oxygens (including phenoxy) is 3. The van der Waals surface area contributed by atoms with Gasteiger partial charge in [-0.1, -0.05) is 57.9 Å². The van der Waals surface area contributed by atoms with Gasteiger partial charge in [0.05, 0.1) is 16.3 Å². The Morgan fingerprint density at radius 1 is 0.884 bits per heavy atom. The number of hydrogen-bond donors (Lipinski definition) is 2. The Hall–Kier alpha value is -4.74. The number of nitrogens with zero attached hydrogens (tertiary/aromatic N) is 1. The van der Waals surface area contributed by atoms with E-state index in [4.69, 9.17) is 14.2 Å². The maximum atomic E-state index is 13.3. The zero-order valence-electron chi connectivity index (χ0n) is 22.6. The molecule has 9 nitrogen and oxygen atoms in total. The topological polar surface area (TPSA) is 115 Å². The monoisotopic (exact) mass is 703 g/mol. The molecule has 1 aliphatic rings. The van der Waals surface area contributed by atoms with E-state index in [0.717, 1.165) is 5.56 Å². The van der Waals surface area contributed by atoms with Crippen LogP contribution in [0.5, 0.6) is 17.2 Å². The van der Waals surface area contributed by atoms with Crippen molar-refractivity contribution in [2.24, 2.45) is 5.10 Å². The summed E-state index contributed by atoms with van der Waals surface area (Å²) in [5, 5.41) is 6.74. The highest BCUT2D eigenvalue weighted by molar-refractivity contribution is 9.11. The summed E-state index contributed by atoms with van der Waals surface area (Å²) in [5.74, 6) is -0.406. The van der Waals surface area contributed by atoms with E-state index < -0.39 is 17.8 Å². The van der Waals surface area contributed by atoms with Gasteiger partial charge >= 0.3 is 5.97 Å². The molecule has 4 aromatic carbocycles. The second kappa shape index (κ2) is 13.5. The Kier molecular flexibility index (Phi) is 9.33. The van der Waals surface area contributed by atoms with E-state index >= 15 is 0 Å². The van der Waals surface area contributed by atoms with Gasteiger partial charge in [0.25, 0.3) is 11.8 Å². The van der Waals surface area contributed by atoms with Crippen molar-refractivity contribution < 1.29 is 28.6 Å². The van der Waals surface area contributed by atoms with Gasteiger partial charge in [0, 0.05) is 15.6 Å². The van der Waals surface area contributed by atoms with Crippen molar-refractivity contribution >= 4 is 61.9 Å². The highest BCUT2D eigenvalue weighted by atomic mass is 79.9. The van der Waals surface area contributed by atoms with Gasteiger partial charge in [-0.3, -0.25) is 9.59 Å². The lowest BCUT2D eigenvalue weighted by Gasteiger charge is -2.11. The summed E-state index contributed by atoms with van der Waals surface area (Å²) in [5.41, 5.74) is 5.04. The molecular weight excluding hydrogens is 682 g/mol. The molecule has 0 aromatic heterocycles. The predicted molar refractivity (Wildman–Crippen MR) is 168 cm³/mol. The number of benzene rings is 4. The number of rotatable bonds is 8. The fourth-order valence-electron chi connectivity index (χ4n) is 4.04. The lowest BCUT2D eigenvalue weighted by molar-refractivity contribution is -0.117. The summed E-state index contributed by atoms with van der Waals surface area (Å²) in [6.45, 7) is 1.98. The number of esters is 1. The zero-order chi connectivity index (χ0) is 30.3. The lowest BCUT2D eigenvalue weighted by Crippen LogP contribution is -2.32. The molecule has 216 valence electrons. The average molecular weight is 705 g/mol. The van der Waals surface area contributed by atoms with Gasteiger partial charge in [0.2, 0.25) is 6.79 Å². The Morgan fingerprint density at radius 2 is 1.65 bits per heavy atom. The number of halogens is 2. The number of hydrogen-bond acceptors (Lipinski definition) is 7. The van der Waals surface area contributed by atoms with Crippen LogP contribution in [0.25, 0.3) is 6.08 Å². The number of hydrazone groups is 1. The lowest BCUT2D eigenvalue weighted by atomic mass is 10.1. The molecule has 11 heteroatoms. The molecule has 0 saturated heterocycles. The van der Waals surface area contributed by atoms with Crippen LogP contribution in [0.3, 0.4) is 0 Å². The maximum Gasteiger partial charge on any atom is 0.343 e. The van der Waals surface area contributed by atoms with Gasteiger partial charge in [0.15, 0.2) is 17.2 Å². The van der Waals surface area contributed by atoms with Gasteiger partial charge in [-0.2, -0.15) is 5.10 Å². The quantitative estimate of drug-likeness (QED) is 0.0723. The summed E-state index contributed by atoms with van der Waals surface area (Å²) in [4.78, 5) is 39.1. The largest absolute Gasteiger partial charge is 0.454 e. The smallest absolute Gasteiger partial charge is 0.343 e. The van der Waals surface area contributed by atoms with Gasteiger partial charge in [-0.05, 0) is 83.0 Å². The summed E-state index contributed by atoms with van der Waals surface area (Å²) in [6, 6.07) is 24.1. The van der Waals surface area contributed by atoms with Crippen LogP contribution in [0.15, 0.2) is 105 Å². The van der Waals surface area contributed by atoms with E-state index in [1.165, 1.54) is 12.3 Å². The first-order chi connectivity index (χ1) is 20.8. The van der Waals surface area contributed by atoms with Crippen molar-refractivity contribution in [3.8, 4) is 17.2 Å². The van der Waals surface area contributed by atoms with Crippen LogP contribution >= 0.6 is 31.9 Å². The molecule has 5 rings (SSSR count). The summed E-state index contributed by atoms with van der Waals surface area (Å²) >= 11 is 6.86. The molecule has 0 radical (unpaired) electrons. The second-order valence-electron chi connectivity index (χ2n) is 9.25. The third kappa shape index (κ3) is 7.56. The molecule has 1 aliphatic heterocycles. The minimum atomic E-state index is -0.689. The predicted octanol–water partition coefficient (Wildman–Crippen LogP) is 6.39. The van der Waals surface area contributed by atoms with E-state index in [9.17, 15) is 14.4 Å². The molecule has 0 unspecified atom stereocenters. The zero-order valence-corrected chi connectivity index (χ0v) is 25.8. The molecule has 2 amide bonds. The van der Waals surface area contributed by atoms with E-state index in [-0.39, 0.29) is 18.2 Å². The van der Waals surface area contributed by atoms with Crippen molar-refractivity contribution in [2.75, 3.05) is 6.79 Å². The van der Waals surface area contributed by atoms with Gasteiger partial charge in [-0.25, -0.2) is 10.2 Å². The number of carbonyl (C=O) groups excluding carboxylic acids is 3. The first-order valence-corrected chi connectivity index (χ1v) is 14.4. The number of fused-ring (bicyclic) bond motifs is 1. The van der Waals surface area contributed by atoms with Gasteiger partial charge in [0.1, 0.15) is 5.70 Å². The van der Waals surface area contributed by atoms with Crippen LogP contribution in [0, 0.1) is 6.92 Å². The van der Waals surface area contributed by atoms with E-state index in [0.29, 0.717) is 42.7 Å². The van der Waals surface area contributed by atoms with Crippen molar-refractivity contribution in [1.82, 2.24) is 10.7 Å². The normalized spacial score (nSPS) is 12.2. The Balaban J connectivity index is 1.38. The summed E-state index contributed by atoms with van der Waals surface area (Å²) in [7, 11) is 0. The molecular formula is C32H23Br2N3O6. The number of carbonyl (C=O) groups is 3. The molecule has 43 heavy (non-hydrogen) atoms. The molecule has 0 spiro atoms. The van der Waals surface area contributed by atoms with Crippen LogP contribution in [0.2, 0.25) is 0 Å². The van der Waals surface area contributed by atoms with Gasteiger partial charge in [-0.15, -0.1) is 0 Å². The van der Waals surface area contributed by atoms with Crippen LogP contribution in [-0.2, 0) is 4.79 Å². The van der Waals surface area contributed by atoms with E-state index in [2.05, 4.69) is 47.7 Å². The minimum Gasteiger partial charge on any atom is -0.454 e. The van der Waals surface area contributed by atoms with Crippen LogP contribution < -0.4 is 25.0 Å². The average Bonchev–Trinajstić information content (AvgIpc) is 3.47. The molecule has 2 N–H and O–H groups in total. The fourth-order valence-corrected chi connectivity index (χ4v) is 5.38. The summed E-state index contributed by atoms with van der Waals surface area (Å²) in [6.07, 6.45) is 2.84. The molecule has 0 aliphatic carbocycles. The Bertz CT molecular complexity index is 1770.